The van der Waals surface area contributed by atoms with E-state index >= 15 is 0 Å². The third-order valence-electron chi connectivity index (χ3n) is 9.96. The molecule has 0 saturated heterocycles. The number of unbranched alkanes of at least 4 members (excludes halogenated alkanes) is 19. The topological polar surface area (TPSA) is 95.8 Å². The van der Waals surface area contributed by atoms with Crippen LogP contribution in [0.25, 0.3) is 0 Å². The fourth-order valence-corrected chi connectivity index (χ4v) is 8.54. The molecule has 0 heterocycles. The standard InChI is InChI=1S/C49H88O8S2/c1-5-9-11-13-15-17-19-21-23-25-27-34-59-43-49(55-39-45(51)37-53-32-8-4)41-57-47-30-28-29-46(35-47)56-40-48(54-38-44(50)36-52-31-7-3)42-58-33-26-24-22-20-18-16-14-12-10-6-2/h7-8,28-30,35,44-45,48-51H,3-6,9-27,31-34,36-43H2,1-2H3. The number of thioether (sulfide) groups is 2. The third kappa shape index (κ3) is 37.1. The van der Waals surface area contributed by atoms with E-state index in [0.29, 0.717) is 37.9 Å². The first kappa shape index (κ1) is 55.8. The first-order valence-electron chi connectivity index (χ1n) is 23.5. The fourth-order valence-electron chi connectivity index (χ4n) is 6.48. The van der Waals surface area contributed by atoms with Gasteiger partial charge in [-0.25, -0.2) is 0 Å². The van der Waals surface area contributed by atoms with Crippen LogP contribution in [0.15, 0.2) is 49.6 Å². The van der Waals surface area contributed by atoms with Crippen molar-refractivity contribution in [3.63, 3.8) is 0 Å². The smallest absolute Gasteiger partial charge is 0.123 e. The van der Waals surface area contributed by atoms with Crippen molar-refractivity contribution in [3.8, 4) is 11.5 Å². The largest absolute Gasteiger partial charge is 0.491 e. The summed E-state index contributed by atoms with van der Waals surface area (Å²) in [5, 5.41) is 20.8. The molecule has 0 spiro atoms. The van der Waals surface area contributed by atoms with Gasteiger partial charge in [0, 0.05) is 17.6 Å². The molecule has 0 bridgehead atoms. The van der Waals surface area contributed by atoms with Crippen LogP contribution in [0.2, 0.25) is 0 Å². The molecule has 0 aliphatic rings. The van der Waals surface area contributed by atoms with Crippen LogP contribution < -0.4 is 9.47 Å². The first-order valence-corrected chi connectivity index (χ1v) is 25.8. The molecule has 0 aliphatic carbocycles. The van der Waals surface area contributed by atoms with Gasteiger partial charge in [0.05, 0.1) is 39.6 Å². The molecule has 0 aliphatic heterocycles. The Morgan fingerprint density at radius 1 is 0.508 bits per heavy atom. The zero-order valence-corrected chi connectivity index (χ0v) is 39.3. The quantitative estimate of drug-likeness (QED) is 0.0487. The first-order chi connectivity index (χ1) is 29.0. The van der Waals surface area contributed by atoms with Gasteiger partial charge in [-0.1, -0.05) is 154 Å². The maximum Gasteiger partial charge on any atom is 0.123 e. The van der Waals surface area contributed by atoms with Gasteiger partial charge in [0.25, 0.3) is 0 Å². The van der Waals surface area contributed by atoms with Crippen molar-refractivity contribution >= 4 is 23.5 Å². The Balaban J connectivity index is 2.59. The van der Waals surface area contributed by atoms with Crippen LogP contribution in [-0.4, -0.2) is 110 Å². The fraction of sp³-hybridized carbons (Fsp3) is 0.796. The molecule has 2 N–H and O–H groups in total. The number of ether oxygens (including phenoxy) is 6. The van der Waals surface area contributed by atoms with Crippen molar-refractivity contribution in [3.05, 3.63) is 49.6 Å². The van der Waals surface area contributed by atoms with E-state index < -0.39 is 12.2 Å². The molecule has 0 fully saturated rings. The van der Waals surface area contributed by atoms with E-state index in [1.54, 1.807) is 12.2 Å². The van der Waals surface area contributed by atoms with Crippen LogP contribution in [-0.2, 0) is 18.9 Å². The predicted molar refractivity (Wildman–Crippen MR) is 254 cm³/mol. The van der Waals surface area contributed by atoms with Crippen molar-refractivity contribution < 1.29 is 38.6 Å². The monoisotopic (exact) mass is 869 g/mol. The predicted octanol–water partition coefficient (Wildman–Crippen LogP) is 12.0. The van der Waals surface area contributed by atoms with Gasteiger partial charge in [0.2, 0.25) is 0 Å². The van der Waals surface area contributed by atoms with Gasteiger partial charge in [-0.2, -0.15) is 23.5 Å². The zero-order valence-electron chi connectivity index (χ0n) is 37.7. The minimum absolute atomic E-state index is 0.181. The minimum atomic E-state index is -0.713. The van der Waals surface area contributed by atoms with Crippen LogP contribution in [0.1, 0.15) is 149 Å². The summed E-state index contributed by atoms with van der Waals surface area (Å²) in [4.78, 5) is 0. The molecule has 59 heavy (non-hydrogen) atoms. The highest BCUT2D eigenvalue weighted by Gasteiger charge is 2.17. The lowest BCUT2D eigenvalue weighted by molar-refractivity contribution is -0.0450. The summed E-state index contributed by atoms with van der Waals surface area (Å²) in [6, 6.07) is 7.68. The van der Waals surface area contributed by atoms with Crippen LogP contribution >= 0.6 is 23.5 Å². The number of hydrogen-bond acceptors (Lipinski definition) is 10. The lowest BCUT2D eigenvalue weighted by Crippen LogP contribution is -2.31. The Bertz CT molecular complexity index is 1050. The highest BCUT2D eigenvalue weighted by Crippen LogP contribution is 2.22. The molecular formula is C49H88O8S2. The second-order valence-corrected chi connectivity index (χ2v) is 18.1. The molecule has 0 amide bonds. The van der Waals surface area contributed by atoms with Gasteiger partial charge >= 0.3 is 0 Å². The van der Waals surface area contributed by atoms with Crippen LogP contribution in [0.3, 0.4) is 0 Å². The summed E-state index contributed by atoms with van der Waals surface area (Å²) < 4.78 is 35.6. The van der Waals surface area contributed by atoms with E-state index in [1.807, 2.05) is 47.8 Å². The number of aliphatic hydroxyl groups excluding tert-OH is 2. The van der Waals surface area contributed by atoms with E-state index in [-0.39, 0.29) is 38.6 Å². The molecule has 0 aromatic heterocycles. The maximum atomic E-state index is 10.4. The van der Waals surface area contributed by atoms with Crippen molar-refractivity contribution in [1.82, 2.24) is 0 Å². The number of aliphatic hydroxyl groups is 2. The maximum absolute atomic E-state index is 10.4. The summed E-state index contributed by atoms with van der Waals surface area (Å²) in [5.41, 5.74) is 0. The van der Waals surface area contributed by atoms with Gasteiger partial charge in [0.15, 0.2) is 0 Å². The molecule has 1 aromatic rings. The second kappa shape index (κ2) is 43.4. The Kier molecular flexibility index (Phi) is 41.0. The highest BCUT2D eigenvalue weighted by atomic mass is 32.2. The van der Waals surface area contributed by atoms with Gasteiger partial charge in [0.1, 0.15) is 49.1 Å². The van der Waals surface area contributed by atoms with Gasteiger partial charge in [-0.3, -0.25) is 0 Å². The van der Waals surface area contributed by atoms with Crippen molar-refractivity contribution in [2.45, 2.75) is 173 Å². The molecule has 10 heteroatoms. The summed E-state index contributed by atoms with van der Waals surface area (Å²) in [6.07, 6.45) is 29.6. The Hall–Kier alpha value is -1.24. The second-order valence-electron chi connectivity index (χ2n) is 15.8. The van der Waals surface area contributed by atoms with E-state index in [4.69, 9.17) is 28.4 Å². The van der Waals surface area contributed by atoms with E-state index in [9.17, 15) is 10.2 Å². The average molecular weight is 869 g/mol. The molecule has 344 valence electrons. The SMILES string of the molecule is C=CCOCC(O)COC(COc1cccc(OCC(CSCCCCCCCCCCCCC)OCC(O)COCC=C)c1)CSCCCCCCCCCCCC. The number of hydrogen-bond donors (Lipinski definition) is 2. The molecule has 4 atom stereocenters. The third-order valence-corrected chi connectivity index (χ3v) is 12.3. The minimum Gasteiger partial charge on any atom is -0.491 e. The van der Waals surface area contributed by atoms with Crippen molar-refractivity contribution in [1.29, 1.82) is 0 Å². The van der Waals surface area contributed by atoms with E-state index in [2.05, 4.69) is 27.0 Å². The molecule has 0 radical (unpaired) electrons. The molecule has 0 saturated carbocycles. The Labute approximate surface area is 370 Å². The molecule has 1 rings (SSSR count). The normalized spacial score (nSPS) is 13.6. The van der Waals surface area contributed by atoms with E-state index in [0.717, 1.165) is 23.0 Å². The van der Waals surface area contributed by atoms with Crippen LogP contribution in [0.5, 0.6) is 11.5 Å². The number of benzene rings is 1. The van der Waals surface area contributed by atoms with Crippen LogP contribution in [0.4, 0.5) is 0 Å². The van der Waals surface area contributed by atoms with Crippen molar-refractivity contribution in [2.75, 3.05) is 75.9 Å². The van der Waals surface area contributed by atoms with E-state index in [1.165, 1.54) is 135 Å². The molecule has 1 aromatic carbocycles. The number of rotatable bonds is 47. The van der Waals surface area contributed by atoms with Crippen molar-refractivity contribution in [2.24, 2.45) is 0 Å². The Morgan fingerprint density at radius 3 is 1.22 bits per heavy atom. The van der Waals surface area contributed by atoms with Gasteiger partial charge < -0.3 is 38.6 Å². The average Bonchev–Trinajstić information content (AvgIpc) is 3.24. The molecule has 8 nitrogen and oxygen atoms in total. The highest BCUT2D eigenvalue weighted by molar-refractivity contribution is 7.99. The summed E-state index contributed by atoms with van der Waals surface area (Å²) in [7, 11) is 0. The molecule has 4 unspecified atom stereocenters. The molecular weight excluding hydrogens is 781 g/mol. The lowest BCUT2D eigenvalue weighted by atomic mass is 10.1. The summed E-state index contributed by atoms with van der Waals surface area (Å²) >= 11 is 3.78. The summed E-state index contributed by atoms with van der Waals surface area (Å²) in [5.74, 6) is 5.14. The van der Waals surface area contributed by atoms with Gasteiger partial charge in [-0.05, 0) is 36.5 Å². The lowest BCUT2D eigenvalue weighted by Gasteiger charge is -2.21. The Morgan fingerprint density at radius 2 is 0.864 bits per heavy atom. The zero-order chi connectivity index (χ0) is 42.7. The van der Waals surface area contributed by atoms with Crippen LogP contribution in [0, 0.1) is 0 Å². The van der Waals surface area contributed by atoms with Gasteiger partial charge in [-0.15, -0.1) is 13.2 Å². The summed E-state index contributed by atoms with van der Waals surface area (Å²) in [6.45, 7) is 14.2.